The van der Waals surface area contributed by atoms with Gasteiger partial charge in [0.1, 0.15) is 0 Å². The number of aromatic amines is 1. The highest BCUT2D eigenvalue weighted by molar-refractivity contribution is 5.81. The quantitative estimate of drug-likeness (QED) is 0.698. The predicted octanol–water partition coefficient (Wildman–Crippen LogP) is 1.34. The molecule has 0 aromatic carbocycles. The van der Waals surface area contributed by atoms with E-state index < -0.39 is 0 Å². The minimum atomic E-state index is -0.294. The van der Waals surface area contributed by atoms with Crippen LogP contribution in [0.1, 0.15) is 32.2 Å². The molecule has 0 fully saturated rings. The minimum absolute atomic E-state index is 0.211. The topological polar surface area (TPSA) is 49.0 Å². The summed E-state index contributed by atoms with van der Waals surface area (Å²) in [5.74, 6) is 0.211. The van der Waals surface area contributed by atoms with Gasteiger partial charge in [0.15, 0.2) is 0 Å². The molecule has 1 aliphatic rings. The Morgan fingerprint density at radius 2 is 2.27 bits per heavy atom. The summed E-state index contributed by atoms with van der Waals surface area (Å²) in [6.07, 6.45) is 2.57. The van der Waals surface area contributed by atoms with Gasteiger partial charge in [0.25, 0.3) is 0 Å². The molecule has 0 unspecified atom stereocenters. The van der Waals surface area contributed by atoms with Crippen molar-refractivity contribution in [3.8, 4) is 0 Å². The van der Waals surface area contributed by atoms with Crippen LogP contribution in [0.25, 0.3) is 0 Å². The number of hydrogen-bond donors (Lipinski definition) is 1. The van der Waals surface area contributed by atoms with Crippen molar-refractivity contribution >= 4 is 5.91 Å². The second-order valence-corrected chi connectivity index (χ2v) is 5.05. The van der Waals surface area contributed by atoms with E-state index >= 15 is 0 Å². The first-order chi connectivity index (χ1) is 6.98. The first-order valence-corrected chi connectivity index (χ1v) is 5.29. The van der Waals surface area contributed by atoms with Crippen LogP contribution in [-0.4, -0.2) is 27.3 Å². The van der Waals surface area contributed by atoms with Crippen LogP contribution in [0.5, 0.6) is 0 Å². The van der Waals surface area contributed by atoms with Crippen LogP contribution in [-0.2, 0) is 17.8 Å². The number of carbonyl (C=O) groups is 1. The molecule has 1 aromatic heterocycles. The average molecular weight is 207 g/mol. The number of nitrogens with zero attached hydrogens (tertiary/aromatic N) is 2. The summed E-state index contributed by atoms with van der Waals surface area (Å²) in [6.45, 7) is 7.33. The molecule has 82 valence electrons. The second-order valence-electron chi connectivity index (χ2n) is 5.05. The van der Waals surface area contributed by atoms with E-state index in [1.807, 2.05) is 25.7 Å². The number of hydrogen-bond acceptors (Lipinski definition) is 2. The zero-order chi connectivity index (χ0) is 11.1. The molecule has 15 heavy (non-hydrogen) atoms. The Morgan fingerprint density at radius 1 is 1.53 bits per heavy atom. The lowest BCUT2D eigenvalue weighted by Gasteiger charge is -2.31. The maximum Gasteiger partial charge on any atom is 0.228 e. The van der Waals surface area contributed by atoms with Crippen molar-refractivity contribution in [2.24, 2.45) is 5.41 Å². The molecule has 0 spiro atoms. The second kappa shape index (κ2) is 3.36. The smallest absolute Gasteiger partial charge is 0.228 e. The molecular weight excluding hydrogens is 190 g/mol. The minimum Gasteiger partial charge on any atom is -0.347 e. The van der Waals surface area contributed by atoms with Gasteiger partial charge in [-0.3, -0.25) is 4.79 Å². The van der Waals surface area contributed by atoms with Crippen molar-refractivity contribution in [1.82, 2.24) is 14.9 Å². The number of imidazole rings is 1. The first-order valence-electron chi connectivity index (χ1n) is 5.29. The maximum absolute atomic E-state index is 12.0. The van der Waals surface area contributed by atoms with Crippen molar-refractivity contribution in [3.63, 3.8) is 0 Å². The summed E-state index contributed by atoms with van der Waals surface area (Å²) >= 11 is 0. The molecule has 0 saturated carbocycles. The van der Waals surface area contributed by atoms with Gasteiger partial charge >= 0.3 is 0 Å². The summed E-state index contributed by atoms with van der Waals surface area (Å²) in [5.41, 5.74) is 1.89. The SMILES string of the molecule is CC(C)(C)C(=O)N1CCc2nc[nH]c2C1. The van der Waals surface area contributed by atoms with E-state index in [1.165, 1.54) is 0 Å². The lowest BCUT2D eigenvalue weighted by Crippen LogP contribution is -2.42. The summed E-state index contributed by atoms with van der Waals surface area (Å²) in [4.78, 5) is 21.3. The molecule has 0 saturated heterocycles. The molecule has 0 radical (unpaired) electrons. The maximum atomic E-state index is 12.0. The molecule has 0 atom stereocenters. The predicted molar refractivity (Wildman–Crippen MR) is 57.2 cm³/mol. The van der Waals surface area contributed by atoms with Gasteiger partial charge in [0, 0.05) is 18.4 Å². The van der Waals surface area contributed by atoms with Crippen LogP contribution in [0.15, 0.2) is 6.33 Å². The van der Waals surface area contributed by atoms with E-state index in [2.05, 4.69) is 9.97 Å². The molecule has 4 nitrogen and oxygen atoms in total. The van der Waals surface area contributed by atoms with Crippen LogP contribution in [0, 0.1) is 5.41 Å². The number of amides is 1. The summed E-state index contributed by atoms with van der Waals surface area (Å²) in [5, 5.41) is 0. The highest BCUT2D eigenvalue weighted by Gasteiger charge is 2.30. The van der Waals surface area contributed by atoms with E-state index in [4.69, 9.17) is 0 Å². The zero-order valence-electron chi connectivity index (χ0n) is 9.50. The standard InChI is InChI=1S/C11H17N3O/c1-11(2,3)10(15)14-5-4-8-9(6-14)13-7-12-8/h7H,4-6H2,1-3H3,(H,12,13). The molecule has 0 aliphatic carbocycles. The van der Waals surface area contributed by atoms with Crippen LogP contribution in [0.4, 0.5) is 0 Å². The van der Waals surface area contributed by atoms with Crippen LogP contribution in [0.2, 0.25) is 0 Å². The van der Waals surface area contributed by atoms with Gasteiger partial charge in [-0.05, 0) is 0 Å². The molecule has 1 aliphatic heterocycles. The Balaban J connectivity index is 2.14. The number of rotatable bonds is 0. The molecule has 4 heteroatoms. The molecule has 2 rings (SSSR count). The number of aromatic nitrogens is 2. The van der Waals surface area contributed by atoms with Crippen LogP contribution in [0.3, 0.4) is 0 Å². The third-order valence-electron chi connectivity index (χ3n) is 2.70. The Bertz CT molecular complexity index is 375. The third-order valence-corrected chi connectivity index (χ3v) is 2.70. The van der Waals surface area contributed by atoms with Crippen molar-refractivity contribution in [2.45, 2.75) is 33.7 Å². The molecular formula is C11H17N3O. The normalized spacial score (nSPS) is 16.3. The van der Waals surface area contributed by atoms with Crippen molar-refractivity contribution in [2.75, 3.05) is 6.54 Å². The zero-order valence-corrected chi connectivity index (χ0v) is 9.50. The highest BCUT2D eigenvalue weighted by atomic mass is 16.2. The fourth-order valence-corrected chi connectivity index (χ4v) is 1.86. The van der Waals surface area contributed by atoms with Crippen LogP contribution >= 0.6 is 0 Å². The summed E-state index contributed by atoms with van der Waals surface area (Å²) < 4.78 is 0. The fraction of sp³-hybridized carbons (Fsp3) is 0.636. The first kappa shape index (κ1) is 10.2. The Kier molecular flexibility index (Phi) is 2.29. The lowest BCUT2D eigenvalue weighted by molar-refractivity contribution is -0.140. The Hall–Kier alpha value is -1.32. The van der Waals surface area contributed by atoms with Gasteiger partial charge in [-0.2, -0.15) is 0 Å². The van der Waals surface area contributed by atoms with Gasteiger partial charge in [-0.25, -0.2) is 4.98 Å². The molecule has 2 heterocycles. The van der Waals surface area contributed by atoms with Gasteiger partial charge in [0.05, 0.1) is 24.3 Å². The van der Waals surface area contributed by atoms with Gasteiger partial charge in [-0.15, -0.1) is 0 Å². The lowest BCUT2D eigenvalue weighted by atomic mass is 9.94. The third kappa shape index (κ3) is 1.89. The van der Waals surface area contributed by atoms with E-state index in [0.29, 0.717) is 6.54 Å². The largest absolute Gasteiger partial charge is 0.347 e. The number of fused-ring (bicyclic) bond motifs is 1. The van der Waals surface area contributed by atoms with Crippen molar-refractivity contribution < 1.29 is 4.79 Å². The van der Waals surface area contributed by atoms with Gasteiger partial charge < -0.3 is 9.88 Å². The van der Waals surface area contributed by atoms with E-state index in [9.17, 15) is 4.79 Å². The van der Waals surface area contributed by atoms with Gasteiger partial charge in [-0.1, -0.05) is 20.8 Å². The Labute approximate surface area is 89.7 Å². The summed E-state index contributed by atoms with van der Waals surface area (Å²) in [7, 11) is 0. The average Bonchev–Trinajstić information content (AvgIpc) is 2.61. The molecule has 0 bridgehead atoms. The Morgan fingerprint density at radius 3 is 2.93 bits per heavy atom. The number of nitrogens with one attached hydrogen (secondary N) is 1. The van der Waals surface area contributed by atoms with Crippen molar-refractivity contribution in [3.05, 3.63) is 17.7 Å². The fourth-order valence-electron chi connectivity index (χ4n) is 1.86. The molecule has 1 N–H and O–H groups in total. The van der Waals surface area contributed by atoms with Crippen LogP contribution < -0.4 is 0 Å². The number of carbonyl (C=O) groups excluding carboxylic acids is 1. The van der Waals surface area contributed by atoms with E-state index in [0.717, 1.165) is 24.4 Å². The van der Waals surface area contributed by atoms with E-state index in [-0.39, 0.29) is 11.3 Å². The molecule has 1 amide bonds. The summed E-state index contributed by atoms with van der Waals surface area (Å²) in [6, 6.07) is 0. The molecule has 1 aromatic rings. The van der Waals surface area contributed by atoms with E-state index in [1.54, 1.807) is 6.33 Å². The highest BCUT2D eigenvalue weighted by Crippen LogP contribution is 2.22. The van der Waals surface area contributed by atoms with Crippen molar-refractivity contribution in [1.29, 1.82) is 0 Å². The monoisotopic (exact) mass is 207 g/mol. The van der Waals surface area contributed by atoms with Gasteiger partial charge in [0.2, 0.25) is 5.91 Å². The number of H-pyrrole nitrogens is 1.